The fraction of sp³-hybridized carbons (Fsp3) is 0.344. The van der Waals surface area contributed by atoms with Gasteiger partial charge in [-0.3, -0.25) is 9.59 Å². The number of aryl methyl sites for hydroxylation is 1. The monoisotopic (exact) mass is 631 g/mol. The summed E-state index contributed by atoms with van der Waals surface area (Å²) in [5.74, 6) is 0.340. The molecule has 1 aliphatic heterocycles. The topological polar surface area (TPSA) is 167 Å². The highest BCUT2D eigenvalue weighted by Gasteiger charge is 2.32. The van der Waals surface area contributed by atoms with Gasteiger partial charge in [0.05, 0.1) is 30.2 Å². The minimum atomic E-state index is -0.668. The van der Waals surface area contributed by atoms with Crippen LogP contribution in [0.15, 0.2) is 78.0 Å². The molecule has 2 amide bonds. The van der Waals surface area contributed by atoms with Gasteiger partial charge in [-0.05, 0) is 58.7 Å². The van der Waals surface area contributed by atoms with Gasteiger partial charge in [0.25, 0.3) is 0 Å². The zero-order valence-corrected chi connectivity index (χ0v) is 25.8. The van der Waals surface area contributed by atoms with Crippen molar-refractivity contribution in [2.45, 2.75) is 62.4 Å². The first-order valence-electron chi connectivity index (χ1n) is 14.8. The van der Waals surface area contributed by atoms with E-state index >= 15 is 0 Å². The lowest BCUT2D eigenvalue weighted by molar-refractivity contribution is -0.245. The molecule has 4 aromatic rings. The molecule has 1 fully saturated rings. The first-order chi connectivity index (χ1) is 21.9. The second-order valence-corrected chi connectivity index (χ2v) is 11.7. The Morgan fingerprint density at radius 3 is 2.44 bits per heavy atom. The summed E-state index contributed by atoms with van der Waals surface area (Å²) in [6.45, 7) is -0.0276. The molecule has 3 aromatic carbocycles. The Morgan fingerprint density at radius 1 is 0.978 bits per heavy atom. The molecule has 0 bridgehead atoms. The van der Waals surface area contributed by atoms with E-state index in [1.54, 1.807) is 23.9 Å². The first-order valence-corrected chi connectivity index (χ1v) is 15.8. The van der Waals surface area contributed by atoms with E-state index in [0.29, 0.717) is 53.7 Å². The molecule has 2 heterocycles. The lowest BCUT2D eigenvalue weighted by atomic mass is 10.0. The zero-order valence-electron chi connectivity index (χ0n) is 25.0. The van der Waals surface area contributed by atoms with Crippen LogP contribution in [0.25, 0.3) is 0 Å². The second kappa shape index (κ2) is 15.6. The average Bonchev–Trinajstić information content (AvgIpc) is 3.47. The summed E-state index contributed by atoms with van der Waals surface area (Å²) in [4.78, 5) is 25.0. The SMILES string of the molecule is Cn1nnnc1SC[C@@H]1C[C@H](c2ccc(CO)cc2)O[C@H](c2cccc(NC(=O)CCCCC(=O)Nc3ccccc3N)c2)O1. The number of nitrogens with two attached hydrogens (primary N) is 1. The minimum Gasteiger partial charge on any atom is -0.397 e. The Labute approximate surface area is 265 Å². The molecule has 1 aromatic heterocycles. The number of aliphatic hydroxyl groups is 1. The molecule has 12 nitrogen and oxygen atoms in total. The number of aromatic nitrogens is 4. The maximum Gasteiger partial charge on any atom is 0.224 e. The normalized spacial score (nSPS) is 18.0. The molecule has 1 saturated heterocycles. The molecule has 13 heteroatoms. The van der Waals surface area contributed by atoms with E-state index in [1.807, 2.05) is 60.7 Å². The van der Waals surface area contributed by atoms with Gasteiger partial charge in [-0.1, -0.05) is 60.3 Å². The third kappa shape index (κ3) is 9.11. The minimum absolute atomic E-state index is 0.0276. The van der Waals surface area contributed by atoms with Crippen molar-refractivity contribution in [1.82, 2.24) is 20.2 Å². The fourth-order valence-electron chi connectivity index (χ4n) is 4.91. The van der Waals surface area contributed by atoms with Crippen molar-refractivity contribution < 1.29 is 24.2 Å². The number of carbonyl (C=O) groups excluding carboxylic acids is 2. The van der Waals surface area contributed by atoms with Crippen LogP contribution in [0.5, 0.6) is 0 Å². The van der Waals surface area contributed by atoms with Gasteiger partial charge in [0.1, 0.15) is 0 Å². The summed E-state index contributed by atoms with van der Waals surface area (Å²) in [7, 11) is 1.79. The number of nitrogen functional groups attached to an aromatic ring is 1. The van der Waals surface area contributed by atoms with Crippen LogP contribution in [0, 0.1) is 0 Å². The number of aliphatic hydroxyl groups excluding tert-OH is 1. The number of ether oxygens (including phenoxy) is 2. The Balaban J connectivity index is 1.17. The van der Waals surface area contributed by atoms with Gasteiger partial charge >= 0.3 is 0 Å². The number of hydrogen-bond acceptors (Lipinski definition) is 10. The van der Waals surface area contributed by atoms with E-state index in [-0.39, 0.29) is 37.0 Å². The standard InChI is InChI=1S/C32H37N7O5S/c1-39-32(36-37-38-39)45-20-25-18-28(22-15-13-21(19-40)14-16-22)44-31(43-25)23-7-6-8-24(17-23)34-29(41)11-4-5-12-30(42)35-27-10-3-2-9-26(27)33/h2-3,6-10,13-17,25,28,31,40H,4-5,11-12,18-20,33H2,1H3,(H,34,41)(H,35,42)/t25-,28+,31+/m0/s1. The Morgan fingerprint density at radius 2 is 1.73 bits per heavy atom. The quantitative estimate of drug-likeness (QED) is 0.0918. The molecule has 0 aliphatic carbocycles. The maximum atomic E-state index is 12.7. The molecule has 0 saturated carbocycles. The number of hydrogen-bond donors (Lipinski definition) is 4. The summed E-state index contributed by atoms with van der Waals surface area (Å²) in [5, 5.41) is 27.6. The van der Waals surface area contributed by atoms with Crippen molar-refractivity contribution in [3.8, 4) is 0 Å². The summed E-state index contributed by atoms with van der Waals surface area (Å²) in [5.41, 5.74) is 10.2. The summed E-state index contributed by atoms with van der Waals surface area (Å²) in [6.07, 6.45) is 1.26. The van der Waals surface area contributed by atoms with E-state index in [9.17, 15) is 14.7 Å². The summed E-state index contributed by atoms with van der Waals surface area (Å²) in [6, 6.07) is 22.2. The Kier molecular flexibility index (Phi) is 11.1. The predicted octanol–water partition coefficient (Wildman–Crippen LogP) is 4.76. The smallest absolute Gasteiger partial charge is 0.224 e. The Bertz CT molecular complexity index is 1580. The number of nitrogens with one attached hydrogen (secondary N) is 2. The van der Waals surface area contributed by atoms with Crippen LogP contribution < -0.4 is 16.4 Å². The number of nitrogens with zero attached hydrogens (tertiary/aromatic N) is 4. The average molecular weight is 632 g/mol. The van der Waals surface area contributed by atoms with E-state index < -0.39 is 6.29 Å². The van der Waals surface area contributed by atoms with Crippen LogP contribution in [0.4, 0.5) is 17.1 Å². The lowest BCUT2D eigenvalue weighted by Gasteiger charge is -2.36. The number of unbranched alkanes of at least 4 members (excludes halogenated alkanes) is 1. The van der Waals surface area contributed by atoms with Gasteiger partial charge in [0.15, 0.2) is 6.29 Å². The van der Waals surface area contributed by atoms with Crippen molar-refractivity contribution in [2.75, 3.05) is 22.1 Å². The van der Waals surface area contributed by atoms with Crippen LogP contribution in [0.3, 0.4) is 0 Å². The molecule has 1 aliphatic rings. The molecule has 45 heavy (non-hydrogen) atoms. The second-order valence-electron chi connectivity index (χ2n) is 10.8. The molecule has 5 N–H and O–H groups in total. The number of para-hydroxylation sites is 2. The van der Waals surface area contributed by atoms with E-state index in [4.69, 9.17) is 15.2 Å². The van der Waals surface area contributed by atoms with Crippen molar-refractivity contribution in [2.24, 2.45) is 7.05 Å². The van der Waals surface area contributed by atoms with Gasteiger partial charge in [-0.2, -0.15) is 0 Å². The van der Waals surface area contributed by atoms with E-state index in [2.05, 4.69) is 26.2 Å². The largest absolute Gasteiger partial charge is 0.397 e. The van der Waals surface area contributed by atoms with Crippen LogP contribution >= 0.6 is 11.8 Å². The molecular formula is C32H37N7O5S. The van der Waals surface area contributed by atoms with Crippen molar-refractivity contribution in [3.63, 3.8) is 0 Å². The molecule has 3 atom stereocenters. The Hall–Kier alpha value is -4.30. The third-order valence-corrected chi connectivity index (χ3v) is 8.47. The highest BCUT2D eigenvalue weighted by molar-refractivity contribution is 7.99. The number of tetrazole rings is 1. The van der Waals surface area contributed by atoms with Crippen LogP contribution in [0.2, 0.25) is 0 Å². The summed E-state index contributed by atoms with van der Waals surface area (Å²) >= 11 is 1.51. The molecule has 236 valence electrons. The van der Waals surface area contributed by atoms with Gasteiger partial charge in [0.2, 0.25) is 17.0 Å². The lowest BCUT2D eigenvalue weighted by Crippen LogP contribution is -2.31. The summed E-state index contributed by atoms with van der Waals surface area (Å²) < 4.78 is 14.5. The van der Waals surface area contributed by atoms with Gasteiger partial charge in [-0.25, -0.2) is 4.68 Å². The maximum absolute atomic E-state index is 12.7. The highest BCUT2D eigenvalue weighted by atomic mass is 32.2. The number of anilines is 3. The fourth-order valence-corrected chi connectivity index (χ4v) is 5.78. The van der Waals surface area contributed by atoms with E-state index in [1.165, 1.54) is 11.8 Å². The molecule has 0 unspecified atom stereocenters. The van der Waals surface area contributed by atoms with Gasteiger partial charge in [0, 0.05) is 43.3 Å². The molecule has 0 radical (unpaired) electrons. The number of thioether (sulfide) groups is 1. The third-order valence-electron chi connectivity index (χ3n) is 7.33. The number of carbonyl (C=O) groups is 2. The van der Waals surface area contributed by atoms with Crippen LogP contribution in [0.1, 0.15) is 61.2 Å². The number of rotatable bonds is 13. The van der Waals surface area contributed by atoms with Crippen LogP contribution in [-0.4, -0.2) is 49.0 Å². The first kappa shape index (κ1) is 32.1. The highest BCUT2D eigenvalue weighted by Crippen LogP contribution is 2.39. The molecule has 5 rings (SSSR count). The van der Waals surface area contributed by atoms with Crippen molar-refractivity contribution in [3.05, 3.63) is 89.5 Å². The van der Waals surface area contributed by atoms with Crippen molar-refractivity contribution >= 4 is 40.6 Å². The van der Waals surface area contributed by atoms with E-state index in [0.717, 1.165) is 16.7 Å². The van der Waals surface area contributed by atoms with Gasteiger partial charge in [-0.15, -0.1) is 5.10 Å². The number of benzene rings is 3. The predicted molar refractivity (Wildman–Crippen MR) is 171 cm³/mol. The zero-order chi connectivity index (χ0) is 31.6. The molecular weight excluding hydrogens is 594 g/mol. The molecule has 0 spiro atoms. The van der Waals surface area contributed by atoms with Crippen LogP contribution in [-0.2, 0) is 32.7 Å². The van der Waals surface area contributed by atoms with Crippen molar-refractivity contribution in [1.29, 1.82) is 0 Å². The number of amides is 2. The van der Waals surface area contributed by atoms with Gasteiger partial charge < -0.3 is 30.9 Å².